The first-order valence-corrected chi connectivity index (χ1v) is 8.24. The minimum absolute atomic E-state index is 0.0151. The Labute approximate surface area is 139 Å². The lowest BCUT2D eigenvalue weighted by Crippen LogP contribution is -2.06. The van der Waals surface area contributed by atoms with E-state index in [0.717, 1.165) is 17.5 Å². The number of rotatable bonds is 8. The fourth-order valence-corrected chi connectivity index (χ4v) is 2.40. The predicted molar refractivity (Wildman–Crippen MR) is 90.9 cm³/mol. The molecule has 0 bridgehead atoms. The zero-order valence-corrected chi connectivity index (χ0v) is 14.1. The van der Waals surface area contributed by atoms with Crippen molar-refractivity contribution in [3.8, 4) is 5.75 Å². The summed E-state index contributed by atoms with van der Waals surface area (Å²) in [6, 6.07) is 15.6. The Morgan fingerprint density at radius 2 is 1.86 bits per heavy atom. The van der Waals surface area contributed by atoms with Crippen molar-refractivity contribution in [1.82, 2.24) is 0 Å². The predicted octanol–water partition coefficient (Wildman–Crippen LogP) is 4.03. The number of hydrogen-bond acceptors (Lipinski definition) is 3. The summed E-state index contributed by atoms with van der Waals surface area (Å²) in [6.45, 7) is 1.08. The Kier molecular flexibility index (Phi) is 6.62. The third-order valence-electron chi connectivity index (χ3n) is 3.30. The van der Waals surface area contributed by atoms with Gasteiger partial charge in [0.15, 0.2) is 5.78 Å². The molecule has 0 atom stereocenters. The van der Waals surface area contributed by atoms with E-state index in [1.54, 1.807) is 7.11 Å². The summed E-state index contributed by atoms with van der Waals surface area (Å²) in [4.78, 5) is 12.0. The Hall–Kier alpha value is -1.65. The molecule has 0 radical (unpaired) electrons. The number of ketones is 1. The standard InChI is InChI=1S/C18H19BrO3/c1-21-10-9-14-7-8-16(17(20)12-19)18(11-14)22-13-15-5-3-2-4-6-15/h2-8,11H,9-10,12-13H2,1H3. The monoisotopic (exact) mass is 362 g/mol. The summed E-state index contributed by atoms with van der Waals surface area (Å²) in [7, 11) is 1.68. The molecule has 3 nitrogen and oxygen atoms in total. The molecule has 22 heavy (non-hydrogen) atoms. The van der Waals surface area contributed by atoms with Crippen molar-refractivity contribution in [3.05, 3.63) is 65.2 Å². The fraction of sp³-hybridized carbons (Fsp3) is 0.278. The Morgan fingerprint density at radius 1 is 1.09 bits per heavy atom. The maximum Gasteiger partial charge on any atom is 0.177 e. The molecule has 0 aliphatic carbocycles. The molecule has 2 aromatic carbocycles. The summed E-state index contributed by atoms with van der Waals surface area (Å²) >= 11 is 3.22. The van der Waals surface area contributed by atoms with Gasteiger partial charge < -0.3 is 9.47 Å². The average Bonchev–Trinajstić information content (AvgIpc) is 2.58. The van der Waals surface area contributed by atoms with Crippen molar-refractivity contribution in [3.63, 3.8) is 0 Å². The first-order chi connectivity index (χ1) is 10.7. The summed E-state index contributed by atoms with van der Waals surface area (Å²) < 4.78 is 11.0. The minimum Gasteiger partial charge on any atom is -0.488 e. The van der Waals surface area contributed by atoms with Crippen LogP contribution in [-0.2, 0) is 17.8 Å². The number of halogens is 1. The summed E-state index contributed by atoms with van der Waals surface area (Å²) in [5, 5.41) is 0.284. The van der Waals surface area contributed by atoms with Gasteiger partial charge in [0.2, 0.25) is 0 Å². The number of Topliss-reactive ketones (excluding diaryl/α,β-unsaturated/α-hetero) is 1. The molecule has 0 unspecified atom stereocenters. The molecule has 116 valence electrons. The van der Waals surface area contributed by atoms with Crippen LogP contribution in [0.3, 0.4) is 0 Å². The smallest absolute Gasteiger partial charge is 0.177 e. The lowest BCUT2D eigenvalue weighted by Gasteiger charge is -2.12. The molecule has 2 rings (SSSR count). The third kappa shape index (κ3) is 4.68. The topological polar surface area (TPSA) is 35.5 Å². The van der Waals surface area contributed by atoms with E-state index in [1.165, 1.54) is 0 Å². The van der Waals surface area contributed by atoms with Gasteiger partial charge >= 0.3 is 0 Å². The van der Waals surface area contributed by atoms with E-state index in [0.29, 0.717) is 24.5 Å². The normalized spacial score (nSPS) is 10.5. The molecule has 0 aliphatic rings. The average molecular weight is 363 g/mol. The molecule has 0 aromatic heterocycles. The van der Waals surface area contributed by atoms with Gasteiger partial charge in [0.05, 0.1) is 17.5 Å². The van der Waals surface area contributed by atoms with E-state index >= 15 is 0 Å². The van der Waals surface area contributed by atoms with Gasteiger partial charge in [-0.25, -0.2) is 0 Å². The number of carbonyl (C=O) groups is 1. The van der Waals surface area contributed by atoms with Gasteiger partial charge in [-0.3, -0.25) is 4.79 Å². The lowest BCUT2D eigenvalue weighted by molar-refractivity contribution is 0.101. The van der Waals surface area contributed by atoms with Crippen molar-refractivity contribution in [2.45, 2.75) is 13.0 Å². The molecule has 4 heteroatoms. The molecule has 0 saturated carbocycles. The molecule has 0 spiro atoms. The molecule has 0 amide bonds. The highest BCUT2D eigenvalue weighted by Crippen LogP contribution is 2.23. The van der Waals surface area contributed by atoms with Crippen LogP contribution in [0.5, 0.6) is 5.75 Å². The molecule has 0 N–H and O–H groups in total. The van der Waals surface area contributed by atoms with Gasteiger partial charge in [-0.05, 0) is 29.7 Å². The van der Waals surface area contributed by atoms with Crippen LogP contribution < -0.4 is 4.74 Å². The van der Waals surface area contributed by atoms with Crippen LogP contribution in [0.25, 0.3) is 0 Å². The molecular formula is C18H19BrO3. The lowest BCUT2D eigenvalue weighted by atomic mass is 10.1. The number of hydrogen-bond donors (Lipinski definition) is 0. The van der Waals surface area contributed by atoms with E-state index in [2.05, 4.69) is 15.9 Å². The van der Waals surface area contributed by atoms with Gasteiger partial charge in [-0.1, -0.05) is 52.3 Å². The van der Waals surface area contributed by atoms with E-state index in [1.807, 2.05) is 48.5 Å². The largest absolute Gasteiger partial charge is 0.488 e. The van der Waals surface area contributed by atoms with Crippen molar-refractivity contribution in [1.29, 1.82) is 0 Å². The highest BCUT2D eigenvalue weighted by molar-refractivity contribution is 9.09. The fourth-order valence-electron chi connectivity index (χ4n) is 2.10. The van der Waals surface area contributed by atoms with Crippen LogP contribution in [0.1, 0.15) is 21.5 Å². The summed E-state index contributed by atoms with van der Waals surface area (Å²) in [6.07, 6.45) is 0.793. The van der Waals surface area contributed by atoms with Crippen LogP contribution in [0.15, 0.2) is 48.5 Å². The van der Waals surface area contributed by atoms with Gasteiger partial charge in [-0.15, -0.1) is 0 Å². The van der Waals surface area contributed by atoms with Gasteiger partial charge in [0.1, 0.15) is 12.4 Å². The van der Waals surface area contributed by atoms with Gasteiger partial charge in [0, 0.05) is 7.11 Å². The first kappa shape index (κ1) is 16.7. The van der Waals surface area contributed by atoms with E-state index < -0.39 is 0 Å². The molecule has 0 fully saturated rings. The molecule has 0 aliphatic heterocycles. The van der Waals surface area contributed by atoms with Gasteiger partial charge in [0.25, 0.3) is 0 Å². The molecule has 2 aromatic rings. The quantitative estimate of drug-likeness (QED) is 0.525. The van der Waals surface area contributed by atoms with Crippen molar-refractivity contribution in [2.24, 2.45) is 0 Å². The maximum absolute atomic E-state index is 12.0. The van der Waals surface area contributed by atoms with Crippen LogP contribution in [0.4, 0.5) is 0 Å². The number of carbonyl (C=O) groups excluding carboxylic acids is 1. The molecule has 0 saturated heterocycles. The number of alkyl halides is 1. The Bertz CT molecular complexity index is 611. The van der Waals surface area contributed by atoms with E-state index in [9.17, 15) is 4.79 Å². The number of methoxy groups -OCH3 is 1. The minimum atomic E-state index is 0.0151. The summed E-state index contributed by atoms with van der Waals surface area (Å²) in [5.41, 5.74) is 2.77. The van der Waals surface area contributed by atoms with Crippen LogP contribution in [0, 0.1) is 0 Å². The van der Waals surface area contributed by atoms with Crippen molar-refractivity contribution < 1.29 is 14.3 Å². The second kappa shape index (κ2) is 8.71. The van der Waals surface area contributed by atoms with E-state index in [-0.39, 0.29) is 11.1 Å². The third-order valence-corrected chi connectivity index (χ3v) is 3.81. The van der Waals surface area contributed by atoms with Crippen molar-refractivity contribution >= 4 is 21.7 Å². The molecule has 0 heterocycles. The van der Waals surface area contributed by atoms with E-state index in [4.69, 9.17) is 9.47 Å². The van der Waals surface area contributed by atoms with Gasteiger partial charge in [-0.2, -0.15) is 0 Å². The molecular weight excluding hydrogens is 344 g/mol. The van der Waals surface area contributed by atoms with Crippen LogP contribution in [0.2, 0.25) is 0 Å². The second-order valence-electron chi connectivity index (χ2n) is 4.90. The number of ether oxygens (including phenoxy) is 2. The zero-order chi connectivity index (χ0) is 15.8. The highest BCUT2D eigenvalue weighted by Gasteiger charge is 2.12. The number of benzene rings is 2. The van der Waals surface area contributed by atoms with Crippen LogP contribution >= 0.6 is 15.9 Å². The second-order valence-corrected chi connectivity index (χ2v) is 5.47. The summed E-state index contributed by atoms with van der Waals surface area (Å²) in [5.74, 6) is 0.642. The van der Waals surface area contributed by atoms with Crippen molar-refractivity contribution in [2.75, 3.05) is 19.0 Å². The SMILES string of the molecule is COCCc1ccc(C(=O)CBr)c(OCc2ccccc2)c1. The van der Waals surface area contributed by atoms with Crippen LogP contribution in [-0.4, -0.2) is 24.8 Å². The zero-order valence-electron chi connectivity index (χ0n) is 12.5. The maximum atomic E-state index is 12.0. The first-order valence-electron chi connectivity index (χ1n) is 7.12. The Balaban J connectivity index is 2.18. The Morgan fingerprint density at radius 3 is 2.55 bits per heavy atom. The highest BCUT2D eigenvalue weighted by atomic mass is 79.9.